The van der Waals surface area contributed by atoms with Gasteiger partial charge in [-0.25, -0.2) is 0 Å². The van der Waals surface area contributed by atoms with Crippen LogP contribution in [0.2, 0.25) is 0 Å². The molecule has 2 aromatic rings. The molecule has 0 bridgehead atoms. The van der Waals surface area contributed by atoms with E-state index in [1.165, 1.54) is 5.56 Å². The molecule has 0 aliphatic carbocycles. The maximum Gasteiger partial charge on any atom is 0.138 e. The van der Waals surface area contributed by atoms with E-state index in [1.807, 2.05) is 25.1 Å². The number of rotatable bonds is 2. The van der Waals surface area contributed by atoms with Crippen LogP contribution in [0.4, 0.5) is 0 Å². The van der Waals surface area contributed by atoms with E-state index in [4.69, 9.17) is 4.42 Å². The zero-order valence-electron chi connectivity index (χ0n) is 7.96. The summed E-state index contributed by atoms with van der Waals surface area (Å²) in [4.78, 5) is 0. The van der Waals surface area contributed by atoms with Crippen molar-refractivity contribution in [1.29, 1.82) is 0 Å². The molecule has 1 heterocycles. The minimum Gasteiger partial charge on any atom is -0.461 e. The molecule has 1 nitrogen and oxygen atoms in total. The van der Waals surface area contributed by atoms with Gasteiger partial charge in [0.1, 0.15) is 11.5 Å². The van der Waals surface area contributed by atoms with Crippen LogP contribution in [-0.2, 0) is 4.43 Å². The lowest BCUT2D eigenvalue weighted by Crippen LogP contribution is -1.78. The molecule has 1 aromatic heterocycles. The SMILES string of the molecule is Cc1cc(CI)c(-c2ccccc2)o1. The summed E-state index contributed by atoms with van der Waals surface area (Å²) in [5.41, 5.74) is 2.43. The Morgan fingerprint density at radius 1 is 1.21 bits per heavy atom. The van der Waals surface area contributed by atoms with Gasteiger partial charge in [-0.2, -0.15) is 0 Å². The molecular weight excluding hydrogens is 287 g/mol. The number of hydrogen-bond acceptors (Lipinski definition) is 1. The number of halogens is 1. The highest BCUT2D eigenvalue weighted by Crippen LogP contribution is 2.28. The predicted octanol–water partition coefficient (Wildman–Crippen LogP) is 4.19. The van der Waals surface area contributed by atoms with E-state index in [-0.39, 0.29) is 0 Å². The van der Waals surface area contributed by atoms with E-state index in [0.717, 1.165) is 21.5 Å². The molecule has 0 aliphatic heterocycles. The van der Waals surface area contributed by atoms with Crippen LogP contribution in [0.5, 0.6) is 0 Å². The van der Waals surface area contributed by atoms with Gasteiger partial charge >= 0.3 is 0 Å². The molecule has 1 aromatic carbocycles. The first kappa shape index (κ1) is 9.77. The molecule has 72 valence electrons. The summed E-state index contributed by atoms with van der Waals surface area (Å²) in [6.07, 6.45) is 0. The van der Waals surface area contributed by atoms with Gasteiger partial charge in [-0.15, -0.1) is 0 Å². The van der Waals surface area contributed by atoms with Crippen molar-refractivity contribution >= 4 is 22.6 Å². The zero-order chi connectivity index (χ0) is 9.97. The van der Waals surface area contributed by atoms with Crippen molar-refractivity contribution in [1.82, 2.24) is 0 Å². The van der Waals surface area contributed by atoms with Gasteiger partial charge in [-0.3, -0.25) is 0 Å². The Morgan fingerprint density at radius 2 is 1.93 bits per heavy atom. The summed E-state index contributed by atoms with van der Waals surface area (Å²) < 4.78 is 6.67. The van der Waals surface area contributed by atoms with Crippen LogP contribution < -0.4 is 0 Å². The van der Waals surface area contributed by atoms with Crippen molar-refractivity contribution in [3.8, 4) is 11.3 Å². The Labute approximate surface area is 97.3 Å². The lowest BCUT2D eigenvalue weighted by atomic mass is 10.1. The summed E-state index contributed by atoms with van der Waals surface area (Å²) in [7, 11) is 0. The molecule has 0 saturated heterocycles. The first-order chi connectivity index (χ1) is 6.81. The summed E-state index contributed by atoms with van der Waals surface area (Å²) in [5, 5.41) is 0. The van der Waals surface area contributed by atoms with Crippen LogP contribution >= 0.6 is 22.6 Å². The molecule has 0 fully saturated rings. The number of furan rings is 1. The lowest BCUT2D eigenvalue weighted by molar-refractivity contribution is 0.547. The molecule has 0 unspecified atom stereocenters. The third-order valence-corrected chi connectivity index (χ3v) is 2.93. The van der Waals surface area contributed by atoms with Gasteiger partial charge in [0.05, 0.1) is 0 Å². The van der Waals surface area contributed by atoms with Gasteiger partial charge in [0.15, 0.2) is 0 Å². The van der Waals surface area contributed by atoms with E-state index in [1.54, 1.807) is 0 Å². The minimum absolute atomic E-state index is 0.982. The molecular formula is C12H11IO. The maximum atomic E-state index is 5.69. The van der Waals surface area contributed by atoms with Crippen molar-refractivity contribution in [3.63, 3.8) is 0 Å². The summed E-state index contributed by atoms with van der Waals surface area (Å²) in [6.45, 7) is 1.99. The lowest BCUT2D eigenvalue weighted by Gasteiger charge is -1.98. The average molecular weight is 298 g/mol. The molecule has 0 radical (unpaired) electrons. The first-order valence-corrected chi connectivity index (χ1v) is 6.04. The predicted molar refractivity (Wildman–Crippen MR) is 66.6 cm³/mol. The molecule has 0 N–H and O–H groups in total. The van der Waals surface area contributed by atoms with Crippen molar-refractivity contribution in [2.45, 2.75) is 11.4 Å². The molecule has 0 aliphatic rings. The highest BCUT2D eigenvalue weighted by atomic mass is 127. The van der Waals surface area contributed by atoms with Gasteiger partial charge in [0.2, 0.25) is 0 Å². The number of benzene rings is 1. The maximum absolute atomic E-state index is 5.69. The third-order valence-electron chi connectivity index (χ3n) is 2.11. The van der Waals surface area contributed by atoms with E-state index in [2.05, 4.69) is 40.8 Å². The van der Waals surface area contributed by atoms with Gasteiger partial charge in [-0.05, 0) is 13.0 Å². The van der Waals surface area contributed by atoms with Crippen LogP contribution in [0.15, 0.2) is 40.8 Å². The molecule has 0 amide bonds. The van der Waals surface area contributed by atoms with E-state index >= 15 is 0 Å². The van der Waals surface area contributed by atoms with Crippen LogP contribution in [0, 0.1) is 6.92 Å². The Morgan fingerprint density at radius 3 is 2.57 bits per heavy atom. The monoisotopic (exact) mass is 298 g/mol. The molecule has 14 heavy (non-hydrogen) atoms. The normalized spacial score (nSPS) is 10.4. The second-order valence-electron chi connectivity index (χ2n) is 3.21. The summed E-state index contributed by atoms with van der Waals surface area (Å²) >= 11 is 2.36. The van der Waals surface area contributed by atoms with Gasteiger partial charge in [0.25, 0.3) is 0 Å². The first-order valence-electron chi connectivity index (χ1n) is 4.52. The molecule has 0 saturated carbocycles. The zero-order valence-corrected chi connectivity index (χ0v) is 10.1. The second kappa shape index (κ2) is 4.17. The highest BCUT2D eigenvalue weighted by molar-refractivity contribution is 14.1. The third kappa shape index (κ3) is 1.85. The Balaban J connectivity index is 2.51. The molecule has 0 spiro atoms. The Kier molecular flexibility index (Phi) is 2.91. The van der Waals surface area contributed by atoms with Crippen molar-refractivity contribution in [2.24, 2.45) is 0 Å². The minimum atomic E-state index is 0.982. The summed E-state index contributed by atoms with van der Waals surface area (Å²) in [5.74, 6) is 1.99. The Bertz CT molecular complexity index is 417. The highest BCUT2D eigenvalue weighted by Gasteiger charge is 2.09. The van der Waals surface area contributed by atoms with Gasteiger partial charge in [-0.1, -0.05) is 52.9 Å². The van der Waals surface area contributed by atoms with Crippen LogP contribution in [0.1, 0.15) is 11.3 Å². The average Bonchev–Trinajstić information content (AvgIpc) is 2.61. The van der Waals surface area contributed by atoms with Gasteiger partial charge in [0, 0.05) is 15.6 Å². The molecule has 0 atom stereocenters. The second-order valence-corrected chi connectivity index (χ2v) is 3.97. The molecule has 2 heteroatoms. The quantitative estimate of drug-likeness (QED) is 0.598. The fraction of sp³-hybridized carbons (Fsp3) is 0.167. The molecule has 2 rings (SSSR count). The fourth-order valence-corrected chi connectivity index (χ4v) is 2.07. The summed E-state index contributed by atoms with van der Waals surface area (Å²) in [6, 6.07) is 12.3. The van der Waals surface area contributed by atoms with Crippen molar-refractivity contribution in [3.05, 3.63) is 47.7 Å². The van der Waals surface area contributed by atoms with Crippen LogP contribution in [-0.4, -0.2) is 0 Å². The smallest absolute Gasteiger partial charge is 0.138 e. The number of aryl methyl sites for hydroxylation is 1. The number of hydrogen-bond donors (Lipinski definition) is 0. The van der Waals surface area contributed by atoms with Crippen LogP contribution in [0.25, 0.3) is 11.3 Å². The topological polar surface area (TPSA) is 13.1 Å². The van der Waals surface area contributed by atoms with Crippen molar-refractivity contribution < 1.29 is 4.42 Å². The van der Waals surface area contributed by atoms with Crippen molar-refractivity contribution in [2.75, 3.05) is 0 Å². The van der Waals surface area contributed by atoms with E-state index in [9.17, 15) is 0 Å². The van der Waals surface area contributed by atoms with Crippen LogP contribution in [0.3, 0.4) is 0 Å². The Hall–Kier alpha value is -0.770. The fourth-order valence-electron chi connectivity index (χ4n) is 1.50. The van der Waals surface area contributed by atoms with E-state index in [0.29, 0.717) is 0 Å². The number of alkyl halides is 1. The van der Waals surface area contributed by atoms with Gasteiger partial charge < -0.3 is 4.42 Å². The largest absolute Gasteiger partial charge is 0.461 e. The van der Waals surface area contributed by atoms with E-state index < -0.39 is 0 Å². The standard InChI is InChI=1S/C12H11IO/c1-9-7-11(8-13)12(14-9)10-5-3-2-4-6-10/h2-7H,8H2,1H3.